The first-order chi connectivity index (χ1) is 9.50. The minimum absolute atomic E-state index is 0.0252. The minimum atomic E-state index is -0.469. The molecule has 0 radical (unpaired) electrons. The van der Waals surface area contributed by atoms with Crippen LogP contribution >= 0.6 is 0 Å². The molecular weight excluding hydrogens is 258 g/mol. The van der Waals surface area contributed by atoms with Crippen LogP contribution in [0.5, 0.6) is 0 Å². The van der Waals surface area contributed by atoms with Crippen LogP contribution in [0, 0.1) is 0 Å². The number of nitrogens with one attached hydrogen (secondary N) is 1. The quantitative estimate of drug-likeness (QED) is 0.758. The van der Waals surface area contributed by atoms with Gasteiger partial charge >= 0.3 is 0 Å². The Labute approximate surface area is 121 Å². The van der Waals surface area contributed by atoms with Crippen molar-refractivity contribution in [1.82, 2.24) is 15.1 Å². The molecule has 6 nitrogen and oxygen atoms in total. The third kappa shape index (κ3) is 2.98. The number of amides is 1. The molecule has 1 amide bonds. The van der Waals surface area contributed by atoms with E-state index >= 15 is 0 Å². The maximum absolute atomic E-state index is 12.8. The maximum Gasteiger partial charge on any atom is 0.242 e. The summed E-state index contributed by atoms with van der Waals surface area (Å²) in [6.07, 6.45) is -0.0504. The third-order valence-corrected chi connectivity index (χ3v) is 4.54. The fourth-order valence-corrected chi connectivity index (χ4v) is 3.11. The summed E-state index contributed by atoms with van der Waals surface area (Å²) < 4.78 is 10.8. The van der Waals surface area contributed by atoms with Crippen molar-refractivity contribution >= 4 is 5.91 Å². The van der Waals surface area contributed by atoms with Gasteiger partial charge in [0.05, 0.1) is 5.54 Å². The lowest BCUT2D eigenvalue weighted by molar-refractivity contribution is -0.142. The number of piperazine rings is 1. The Balaban J connectivity index is 2.02. The summed E-state index contributed by atoms with van der Waals surface area (Å²) in [5, 5.41) is 3.32. The molecule has 2 aliphatic heterocycles. The topological polar surface area (TPSA) is 54.0 Å². The van der Waals surface area contributed by atoms with Crippen LogP contribution in [0.1, 0.15) is 13.8 Å². The molecule has 2 saturated heterocycles. The summed E-state index contributed by atoms with van der Waals surface area (Å²) in [7, 11) is 3.35. The Morgan fingerprint density at radius 1 is 1.10 bits per heavy atom. The van der Waals surface area contributed by atoms with Crippen LogP contribution in [0.4, 0.5) is 0 Å². The second-order valence-corrected chi connectivity index (χ2v) is 6.05. The maximum atomic E-state index is 12.8. The predicted octanol–water partition coefficient (Wildman–Crippen LogP) is -0.458. The van der Waals surface area contributed by atoms with Crippen LogP contribution in [0.25, 0.3) is 0 Å². The first kappa shape index (κ1) is 15.7. The molecule has 0 saturated carbocycles. The standard InChI is InChI=1S/C14H27N3O3/c1-14(2,17-7-5-15-6-8-17)13(18)16-9-11(19-3)12(10-16)20-4/h11-12,15H,5-10H2,1-4H3. The van der Waals surface area contributed by atoms with E-state index in [1.807, 2.05) is 18.7 Å². The summed E-state index contributed by atoms with van der Waals surface area (Å²) in [4.78, 5) is 17.0. The van der Waals surface area contributed by atoms with E-state index in [0.29, 0.717) is 13.1 Å². The molecule has 0 aromatic rings. The van der Waals surface area contributed by atoms with E-state index in [4.69, 9.17) is 9.47 Å². The van der Waals surface area contributed by atoms with Gasteiger partial charge in [-0.15, -0.1) is 0 Å². The zero-order chi connectivity index (χ0) is 14.8. The van der Waals surface area contributed by atoms with Crippen molar-refractivity contribution < 1.29 is 14.3 Å². The van der Waals surface area contributed by atoms with Gasteiger partial charge in [0.15, 0.2) is 0 Å². The number of hydrogen-bond donors (Lipinski definition) is 1. The molecule has 0 aromatic heterocycles. The predicted molar refractivity (Wildman–Crippen MR) is 76.7 cm³/mol. The second kappa shape index (κ2) is 6.39. The summed E-state index contributed by atoms with van der Waals surface area (Å²) >= 11 is 0. The van der Waals surface area contributed by atoms with Gasteiger partial charge in [0.2, 0.25) is 5.91 Å². The molecule has 6 heteroatoms. The molecule has 116 valence electrons. The first-order valence-corrected chi connectivity index (χ1v) is 7.31. The van der Waals surface area contributed by atoms with E-state index < -0.39 is 5.54 Å². The SMILES string of the molecule is COC1CN(C(=O)C(C)(C)N2CCNCC2)CC1OC. The van der Waals surface area contributed by atoms with E-state index in [1.165, 1.54) is 0 Å². The highest BCUT2D eigenvalue weighted by atomic mass is 16.5. The van der Waals surface area contributed by atoms with Gasteiger partial charge in [0.25, 0.3) is 0 Å². The van der Waals surface area contributed by atoms with Crippen molar-refractivity contribution in [1.29, 1.82) is 0 Å². The highest BCUT2D eigenvalue weighted by Crippen LogP contribution is 2.23. The van der Waals surface area contributed by atoms with Crippen molar-refractivity contribution in [2.45, 2.75) is 31.6 Å². The molecule has 2 atom stereocenters. The lowest BCUT2D eigenvalue weighted by Crippen LogP contribution is -2.60. The molecule has 20 heavy (non-hydrogen) atoms. The Morgan fingerprint density at radius 3 is 2.05 bits per heavy atom. The average Bonchev–Trinajstić information content (AvgIpc) is 2.90. The van der Waals surface area contributed by atoms with Gasteiger partial charge in [-0.2, -0.15) is 0 Å². The number of carbonyl (C=O) groups excluding carboxylic acids is 1. The number of ether oxygens (including phenoxy) is 2. The Morgan fingerprint density at radius 2 is 1.60 bits per heavy atom. The van der Waals surface area contributed by atoms with Crippen LogP contribution in [0.3, 0.4) is 0 Å². The van der Waals surface area contributed by atoms with Gasteiger partial charge in [-0.05, 0) is 13.8 Å². The van der Waals surface area contributed by atoms with Crippen LogP contribution in [0.2, 0.25) is 0 Å². The first-order valence-electron chi connectivity index (χ1n) is 7.31. The van der Waals surface area contributed by atoms with Crippen molar-refractivity contribution in [2.24, 2.45) is 0 Å². The van der Waals surface area contributed by atoms with Gasteiger partial charge in [-0.3, -0.25) is 9.69 Å². The van der Waals surface area contributed by atoms with Crippen LogP contribution in [-0.4, -0.2) is 86.9 Å². The molecule has 1 N–H and O–H groups in total. The van der Waals surface area contributed by atoms with Gasteiger partial charge in [-0.1, -0.05) is 0 Å². The average molecular weight is 285 g/mol. The fourth-order valence-electron chi connectivity index (χ4n) is 3.11. The third-order valence-electron chi connectivity index (χ3n) is 4.54. The Bertz CT molecular complexity index is 331. The molecule has 2 heterocycles. The van der Waals surface area contributed by atoms with Gasteiger partial charge in [0, 0.05) is 53.5 Å². The number of carbonyl (C=O) groups is 1. The van der Waals surface area contributed by atoms with E-state index in [-0.39, 0.29) is 18.1 Å². The number of nitrogens with zero attached hydrogens (tertiary/aromatic N) is 2. The van der Waals surface area contributed by atoms with Gasteiger partial charge < -0.3 is 19.7 Å². The van der Waals surface area contributed by atoms with Gasteiger partial charge in [-0.25, -0.2) is 0 Å². The minimum Gasteiger partial charge on any atom is -0.377 e. The normalized spacial score (nSPS) is 28.9. The van der Waals surface area contributed by atoms with Crippen molar-refractivity contribution in [3.8, 4) is 0 Å². The highest BCUT2D eigenvalue weighted by Gasteiger charge is 2.43. The van der Waals surface area contributed by atoms with Crippen LogP contribution in [-0.2, 0) is 14.3 Å². The second-order valence-electron chi connectivity index (χ2n) is 6.05. The van der Waals surface area contributed by atoms with E-state index in [2.05, 4.69) is 10.2 Å². The molecule has 0 spiro atoms. The molecule has 0 bridgehead atoms. The molecule has 2 unspecified atom stereocenters. The summed E-state index contributed by atoms with van der Waals surface area (Å²) in [5.74, 6) is 0.168. The zero-order valence-corrected chi connectivity index (χ0v) is 13.0. The molecule has 2 fully saturated rings. The molecule has 2 rings (SSSR count). The summed E-state index contributed by atoms with van der Waals surface area (Å²) in [6.45, 7) is 8.97. The molecule has 0 aliphatic carbocycles. The fraction of sp³-hybridized carbons (Fsp3) is 0.929. The van der Waals surface area contributed by atoms with Crippen LogP contribution in [0.15, 0.2) is 0 Å². The lowest BCUT2D eigenvalue weighted by atomic mass is 9.99. The van der Waals surface area contributed by atoms with E-state index in [0.717, 1.165) is 26.2 Å². The van der Waals surface area contributed by atoms with E-state index in [9.17, 15) is 4.79 Å². The highest BCUT2D eigenvalue weighted by molar-refractivity contribution is 5.86. The number of likely N-dealkylation sites (tertiary alicyclic amines) is 1. The smallest absolute Gasteiger partial charge is 0.242 e. The Hall–Kier alpha value is -0.690. The number of rotatable bonds is 4. The zero-order valence-electron chi connectivity index (χ0n) is 13.0. The van der Waals surface area contributed by atoms with Crippen molar-refractivity contribution in [3.05, 3.63) is 0 Å². The van der Waals surface area contributed by atoms with Crippen molar-refractivity contribution in [3.63, 3.8) is 0 Å². The van der Waals surface area contributed by atoms with Gasteiger partial charge in [0.1, 0.15) is 12.2 Å². The molecule has 0 aromatic carbocycles. The monoisotopic (exact) mass is 285 g/mol. The van der Waals surface area contributed by atoms with Crippen LogP contribution < -0.4 is 5.32 Å². The Kier molecular flexibility index (Phi) is 5.01. The van der Waals surface area contributed by atoms with Crippen molar-refractivity contribution in [2.75, 3.05) is 53.5 Å². The lowest BCUT2D eigenvalue weighted by Gasteiger charge is -2.41. The van der Waals surface area contributed by atoms with E-state index in [1.54, 1.807) is 14.2 Å². The number of methoxy groups -OCH3 is 2. The number of hydrogen-bond acceptors (Lipinski definition) is 5. The summed E-state index contributed by atoms with van der Waals surface area (Å²) in [6, 6.07) is 0. The largest absolute Gasteiger partial charge is 0.377 e. The summed E-state index contributed by atoms with van der Waals surface area (Å²) in [5.41, 5.74) is -0.469. The molecule has 2 aliphatic rings. The molecular formula is C14H27N3O3.